The van der Waals surface area contributed by atoms with Gasteiger partial charge in [0.15, 0.2) is 0 Å². The Morgan fingerprint density at radius 3 is 2.07 bits per heavy atom. The lowest BCUT2D eigenvalue weighted by Crippen LogP contribution is -2.41. The first kappa shape index (κ1) is 21.2. The number of hydrazine groups is 1. The van der Waals surface area contributed by atoms with Crippen LogP contribution in [-0.2, 0) is 21.2 Å². The fraction of sp³-hybridized carbons (Fsp3) is 0.222. The van der Waals surface area contributed by atoms with Crippen molar-refractivity contribution >= 4 is 21.9 Å². The second-order valence-corrected chi connectivity index (χ2v) is 7.38. The van der Waals surface area contributed by atoms with Crippen molar-refractivity contribution in [1.29, 1.82) is 0 Å². The van der Waals surface area contributed by atoms with Crippen molar-refractivity contribution in [2.45, 2.75) is 17.7 Å². The van der Waals surface area contributed by atoms with Gasteiger partial charge in [-0.3, -0.25) is 15.0 Å². The number of hydrogen-bond donors (Lipinski definition) is 3. The molecule has 0 aliphatic carbocycles. The lowest BCUT2D eigenvalue weighted by atomic mass is 10.1. The van der Waals surface area contributed by atoms with Crippen molar-refractivity contribution in [2.75, 3.05) is 14.2 Å². The first-order valence-corrected chi connectivity index (χ1v) is 9.59. The molecule has 1 amide bonds. The molecule has 2 rings (SSSR count). The van der Waals surface area contributed by atoms with E-state index in [9.17, 15) is 18.0 Å². The zero-order chi connectivity index (χ0) is 20.7. The minimum absolute atomic E-state index is 0.0512. The van der Waals surface area contributed by atoms with E-state index in [1.54, 1.807) is 6.07 Å². The van der Waals surface area contributed by atoms with Gasteiger partial charge in [-0.15, -0.1) is 4.83 Å². The quantitative estimate of drug-likeness (QED) is 0.534. The van der Waals surface area contributed by atoms with E-state index in [-0.39, 0.29) is 23.3 Å². The number of methoxy groups -OCH3 is 2. The van der Waals surface area contributed by atoms with Crippen LogP contribution in [0, 0.1) is 0 Å². The smallest absolute Gasteiger partial charge is 0.303 e. The van der Waals surface area contributed by atoms with Crippen LogP contribution in [-0.4, -0.2) is 39.6 Å². The Balaban J connectivity index is 2.06. The van der Waals surface area contributed by atoms with Gasteiger partial charge in [0.05, 0.1) is 19.1 Å². The monoisotopic (exact) mass is 408 g/mol. The second kappa shape index (κ2) is 9.20. The summed E-state index contributed by atoms with van der Waals surface area (Å²) in [4.78, 5) is 24.8. The normalized spacial score (nSPS) is 10.9. The van der Waals surface area contributed by atoms with Gasteiger partial charge in [0.1, 0.15) is 11.5 Å². The van der Waals surface area contributed by atoms with Crippen molar-refractivity contribution in [2.24, 2.45) is 0 Å². The van der Waals surface area contributed by atoms with Crippen molar-refractivity contribution in [3.05, 3.63) is 53.6 Å². The number of carboxylic acids is 1. The third-order valence-corrected chi connectivity index (χ3v) is 5.04. The molecule has 0 aromatic heterocycles. The van der Waals surface area contributed by atoms with Crippen LogP contribution in [0.3, 0.4) is 0 Å². The Morgan fingerprint density at radius 1 is 1.00 bits per heavy atom. The molecular weight excluding hydrogens is 388 g/mol. The molecule has 2 aromatic carbocycles. The zero-order valence-corrected chi connectivity index (χ0v) is 16.1. The first-order chi connectivity index (χ1) is 13.2. The highest BCUT2D eigenvalue weighted by Gasteiger charge is 2.17. The summed E-state index contributed by atoms with van der Waals surface area (Å²) in [6, 6.07) is 10.2. The number of aryl methyl sites for hydroxylation is 1. The summed E-state index contributed by atoms with van der Waals surface area (Å²) < 4.78 is 34.8. The highest BCUT2D eigenvalue weighted by atomic mass is 32.2. The SMILES string of the molecule is COc1cc(OC)cc(C(=O)NNS(=O)(=O)c2ccc(CCC(=O)O)cc2)c1. The molecule has 10 heteroatoms. The summed E-state index contributed by atoms with van der Waals surface area (Å²) >= 11 is 0. The minimum Gasteiger partial charge on any atom is -0.497 e. The summed E-state index contributed by atoms with van der Waals surface area (Å²) in [5.74, 6) is -0.872. The average Bonchev–Trinajstić information content (AvgIpc) is 2.70. The van der Waals surface area contributed by atoms with Crippen LogP contribution in [0.15, 0.2) is 47.4 Å². The number of nitrogens with one attached hydrogen (secondary N) is 2. The molecule has 0 atom stereocenters. The van der Waals surface area contributed by atoms with Crippen molar-refractivity contribution in [1.82, 2.24) is 10.3 Å². The molecule has 0 bridgehead atoms. The number of carboxylic acid groups (broad SMARTS) is 1. The molecular formula is C18H20N2O7S. The molecule has 9 nitrogen and oxygen atoms in total. The highest BCUT2D eigenvalue weighted by Crippen LogP contribution is 2.22. The molecule has 0 heterocycles. The minimum atomic E-state index is -4.00. The second-order valence-electron chi connectivity index (χ2n) is 5.70. The first-order valence-electron chi connectivity index (χ1n) is 8.11. The summed E-state index contributed by atoms with van der Waals surface area (Å²) in [5.41, 5.74) is 2.96. The molecule has 2 aromatic rings. The van der Waals surface area contributed by atoms with E-state index in [0.717, 1.165) is 0 Å². The van der Waals surface area contributed by atoms with E-state index in [2.05, 4.69) is 5.43 Å². The molecule has 0 saturated heterocycles. The lowest BCUT2D eigenvalue weighted by Gasteiger charge is -2.11. The van der Waals surface area contributed by atoms with Crippen LogP contribution in [0.1, 0.15) is 22.3 Å². The zero-order valence-electron chi connectivity index (χ0n) is 15.3. The highest BCUT2D eigenvalue weighted by molar-refractivity contribution is 7.89. The standard InChI is InChI=1S/C18H20N2O7S/c1-26-14-9-13(10-15(11-14)27-2)18(23)19-20-28(24,25)16-6-3-12(4-7-16)5-8-17(21)22/h3-4,6-7,9-11,20H,5,8H2,1-2H3,(H,19,23)(H,21,22). The molecule has 0 fully saturated rings. The number of carbonyl (C=O) groups is 2. The van der Waals surface area contributed by atoms with E-state index in [4.69, 9.17) is 14.6 Å². The van der Waals surface area contributed by atoms with Gasteiger partial charge in [0.2, 0.25) is 0 Å². The number of benzene rings is 2. The van der Waals surface area contributed by atoms with Gasteiger partial charge in [-0.25, -0.2) is 8.42 Å². The van der Waals surface area contributed by atoms with E-state index < -0.39 is 21.9 Å². The summed E-state index contributed by atoms with van der Waals surface area (Å²) in [7, 11) is -1.14. The number of amides is 1. The van der Waals surface area contributed by atoms with Crippen molar-refractivity contribution in [3.8, 4) is 11.5 Å². The van der Waals surface area contributed by atoms with E-state index in [1.165, 1.54) is 50.6 Å². The molecule has 0 aliphatic heterocycles. The van der Waals surface area contributed by atoms with Gasteiger partial charge in [-0.1, -0.05) is 12.1 Å². The van der Waals surface area contributed by atoms with Gasteiger partial charge in [-0.2, -0.15) is 0 Å². The largest absolute Gasteiger partial charge is 0.497 e. The molecule has 0 saturated carbocycles. The molecule has 0 radical (unpaired) electrons. The van der Waals surface area contributed by atoms with Crippen molar-refractivity contribution < 1.29 is 32.6 Å². The number of aliphatic carboxylic acids is 1. The summed E-state index contributed by atoms with van der Waals surface area (Å²) in [6.07, 6.45) is 0.238. The Labute approximate surface area is 162 Å². The third kappa shape index (κ3) is 5.69. The predicted octanol–water partition coefficient (Wildman–Crippen LogP) is 1.34. The Hall–Kier alpha value is -3.11. The summed E-state index contributed by atoms with van der Waals surface area (Å²) in [5, 5.41) is 8.68. The van der Waals surface area contributed by atoms with Gasteiger partial charge < -0.3 is 14.6 Å². The maximum atomic E-state index is 12.3. The van der Waals surface area contributed by atoms with Crippen LogP contribution in [0.2, 0.25) is 0 Å². The number of carbonyl (C=O) groups excluding carboxylic acids is 1. The fourth-order valence-corrected chi connectivity index (χ4v) is 3.11. The van der Waals surface area contributed by atoms with Crippen LogP contribution < -0.4 is 19.7 Å². The van der Waals surface area contributed by atoms with Crippen LogP contribution >= 0.6 is 0 Å². The Bertz CT molecular complexity index is 934. The molecule has 0 spiro atoms. The van der Waals surface area contributed by atoms with E-state index in [1.807, 2.05) is 4.83 Å². The topological polar surface area (TPSA) is 131 Å². The Morgan fingerprint density at radius 2 is 1.57 bits per heavy atom. The summed E-state index contributed by atoms with van der Waals surface area (Å²) in [6.45, 7) is 0. The molecule has 0 aliphatic rings. The number of ether oxygens (including phenoxy) is 2. The van der Waals surface area contributed by atoms with Crippen LogP contribution in [0.25, 0.3) is 0 Å². The maximum Gasteiger partial charge on any atom is 0.303 e. The van der Waals surface area contributed by atoms with Crippen LogP contribution in [0.5, 0.6) is 11.5 Å². The fourth-order valence-electron chi connectivity index (χ4n) is 2.27. The van der Waals surface area contributed by atoms with Gasteiger partial charge >= 0.3 is 5.97 Å². The predicted molar refractivity (Wildman–Crippen MR) is 99.7 cm³/mol. The van der Waals surface area contributed by atoms with Crippen LogP contribution in [0.4, 0.5) is 0 Å². The molecule has 3 N–H and O–H groups in total. The maximum absolute atomic E-state index is 12.3. The number of rotatable bonds is 9. The molecule has 150 valence electrons. The van der Waals surface area contributed by atoms with E-state index >= 15 is 0 Å². The van der Waals surface area contributed by atoms with Gasteiger partial charge in [-0.05, 0) is 36.2 Å². The van der Waals surface area contributed by atoms with Gasteiger partial charge in [0.25, 0.3) is 15.9 Å². The van der Waals surface area contributed by atoms with Gasteiger partial charge in [0, 0.05) is 18.1 Å². The molecule has 28 heavy (non-hydrogen) atoms. The van der Waals surface area contributed by atoms with Crippen molar-refractivity contribution in [3.63, 3.8) is 0 Å². The Kier molecular flexibility index (Phi) is 6.96. The third-order valence-electron chi connectivity index (χ3n) is 3.77. The number of hydrogen-bond acceptors (Lipinski definition) is 6. The lowest BCUT2D eigenvalue weighted by molar-refractivity contribution is -0.136. The van der Waals surface area contributed by atoms with E-state index in [0.29, 0.717) is 17.1 Å². The number of sulfonamides is 1. The molecule has 0 unspecified atom stereocenters. The average molecular weight is 408 g/mol.